The van der Waals surface area contributed by atoms with E-state index in [1.165, 1.54) is 68.8 Å². The third-order valence-corrected chi connectivity index (χ3v) is 21.8. The van der Waals surface area contributed by atoms with Gasteiger partial charge in [-0.3, -0.25) is 15.0 Å². The normalized spacial score (nSPS) is 30.6. The highest BCUT2D eigenvalue weighted by Gasteiger charge is 2.58. The van der Waals surface area contributed by atoms with Crippen LogP contribution < -0.4 is 0 Å². The van der Waals surface area contributed by atoms with Crippen LogP contribution in [0.5, 0.6) is 0 Å². The predicted molar refractivity (Wildman–Crippen MR) is 340 cm³/mol. The summed E-state index contributed by atoms with van der Waals surface area (Å²) in [6.07, 6.45) is 24.9. The maximum Gasteiger partial charge on any atom is 0.135 e. The molecule has 432 valence electrons. The van der Waals surface area contributed by atoms with Crippen molar-refractivity contribution in [2.75, 3.05) is 59.1 Å². The Bertz CT molecular complexity index is 3200. The maximum absolute atomic E-state index is 7.16. The molecular formula is C75H87N6O3+3. The molecule has 15 atom stereocenters. The first kappa shape index (κ1) is 56.4. The number of ether oxygens (including phenoxy) is 3. The highest BCUT2D eigenvalue weighted by atomic mass is 16.5. The summed E-state index contributed by atoms with van der Waals surface area (Å²) in [6.45, 7) is 36.7. The maximum atomic E-state index is 7.16. The molecule has 4 aromatic carbocycles. The van der Waals surface area contributed by atoms with Crippen molar-refractivity contribution in [3.63, 3.8) is 0 Å². The molecule has 9 fully saturated rings. The summed E-state index contributed by atoms with van der Waals surface area (Å²) in [4.78, 5) is 14.6. The fraction of sp³-hybridized carbons (Fsp3) is 0.400. The molecule has 7 aromatic rings. The van der Waals surface area contributed by atoms with E-state index in [0.29, 0.717) is 55.3 Å². The van der Waals surface area contributed by atoms with Crippen molar-refractivity contribution >= 4 is 32.7 Å². The third kappa shape index (κ3) is 10.4. The second-order valence-electron chi connectivity index (χ2n) is 26.1. The quantitative estimate of drug-likeness (QED) is 0.0444. The second-order valence-corrected chi connectivity index (χ2v) is 26.1. The molecule has 0 radical (unpaired) electrons. The average Bonchev–Trinajstić information content (AvgIpc) is 2.16. The van der Waals surface area contributed by atoms with E-state index < -0.39 is 0 Å². The minimum absolute atomic E-state index is 0.144. The van der Waals surface area contributed by atoms with Crippen LogP contribution in [0.25, 0.3) is 32.7 Å². The van der Waals surface area contributed by atoms with E-state index in [1.807, 2.05) is 36.8 Å². The zero-order chi connectivity index (χ0) is 57.4. The molecule has 9 heteroatoms. The van der Waals surface area contributed by atoms with Crippen molar-refractivity contribution in [3.05, 3.63) is 237 Å². The van der Waals surface area contributed by atoms with E-state index in [9.17, 15) is 0 Å². The number of benzene rings is 4. The van der Waals surface area contributed by atoms with Gasteiger partial charge in [-0.1, -0.05) is 91.1 Å². The van der Waals surface area contributed by atoms with E-state index in [-0.39, 0.29) is 36.4 Å². The predicted octanol–water partition coefficient (Wildman–Crippen LogP) is 14.9. The van der Waals surface area contributed by atoms with Crippen LogP contribution in [-0.2, 0) is 33.8 Å². The standard InChI is InChI=1S/C75H87N6O3/c1-7-37-82-73(64-25-31-76-67-22-16-13-19-61(64)67)70-43-58-28-34-79(70,49-55(58)10-4)46-52-40-53(47-80-35-29-59(56(11-5)50-80)44-71(80)74(83-38-8-2)65-26-32-77-68-23-17-14-20-62(65)68)42-54(41-52)48-81-36-30-60(57(12-6)51-81)45-72(81)75(84-39-9-3)66-27-33-78-69-24-18-15-21-63(66)69/h7-27,31-33,40-42,55-60,70-75H,1-6,28-30,34-39,43-51H2/q+3/t55-,56-,57-,58-,59-,60-,70+,71+,72+,73+,74+,75+,79+,80+,81+/m0/s1. The van der Waals surface area contributed by atoms with Crippen molar-refractivity contribution in [2.45, 2.75) is 94.6 Å². The van der Waals surface area contributed by atoms with Crippen LogP contribution in [0.4, 0.5) is 0 Å². The number of hydrogen-bond donors (Lipinski definition) is 0. The molecule has 9 nitrogen and oxygen atoms in total. The Balaban J connectivity index is 0.963. The molecule has 0 N–H and O–H groups in total. The van der Waals surface area contributed by atoms with Gasteiger partial charge in [0.15, 0.2) is 0 Å². The molecule has 84 heavy (non-hydrogen) atoms. The van der Waals surface area contributed by atoms with Crippen molar-refractivity contribution in [1.82, 2.24) is 15.0 Å². The summed E-state index contributed by atoms with van der Waals surface area (Å²) in [5.41, 5.74) is 11.0. The number of para-hydroxylation sites is 3. The number of quaternary nitrogens is 3. The molecule has 9 aliphatic heterocycles. The summed E-state index contributed by atoms with van der Waals surface area (Å²) in [7, 11) is 0. The Kier molecular flexibility index (Phi) is 16.1. The van der Waals surface area contributed by atoms with Gasteiger partial charge >= 0.3 is 0 Å². The number of pyridine rings is 3. The minimum atomic E-state index is -0.144. The molecule has 0 aliphatic carbocycles. The number of aromatic nitrogens is 3. The fourth-order valence-electron chi connectivity index (χ4n) is 18.1. The largest absolute Gasteiger partial charge is 0.363 e. The average molecular weight is 1120 g/mol. The zero-order valence-electron chi connectivity index (χ0n) is 49.4. The van der Waals surface area contributed by atoms with E-state index >= 15 is 0 Å². The van der Waals surface area contributed by atoms with Crippen molar-refractivity contribution < 1.29 is 27.7 Å². The highest BCUT2D eigenvalue weighted by Crippen LogP contribution is 2.53. The van der Waals surface area contributed by atoms with Crippen LogP contribution in [0.1, 0.15) is 90.2 Å². The van der Waals surface area contributed by atoms with E-state index in [0.717, 1.165) is 108 Å². The second kappa shape index (κ2) is 24.0. The van der Waals surface area contributed by atoms with Crippen LogP contribution in [0.15, 0.2) is 204 Å². The molecule has 9 aliphatic rings. The summed E-state index contributed by atoms with van der Waals surface area (Å²) in [5, 5.41) is 3.51. The first-order valence-corrected chi connectivity index (χ1v) is 31.5. The van der Waals surface area contributed by atoms with Crippen LogP contribution in [0.2, 0.25) is 0 Å². The summed E-state index contributed by atoms with van der Waals surface area (Å²) < 4.78 is 24.3. The third-order valence-electron chi connectivity index (χ3n) is 21.8. The molecule has 6 bridgehead atoms. The highest BCUT2D eigenvalue weighted by molar-refractivity contribution is 5.84. The monoisotopic (exact) mass is 1120 g/mol. The molecule has 0 spiro atoms. The van der Waals surface area contributed by atoms with Gasteiger partial charge in [-0.15, -0.1) is 39.5 Å². The molecular weight excluding hydrogens is 1030 g/mol. The lowest BCUT2D eigenvalue weighted by atomic mass is 9.70. The Labute approximate surface area is 499 Å². The SMILES string of the molecule is C=CCO[C@H](c1ccnc2ccccc12)[C@H]1C[C@@H]2CC[N@@+]1(Cc1cc(C[N@@+]34CC[C@@H](C[C@@H]3[C@H](OCC=C)c3ccnc5ccccc35)[C@@H](C=C)C4)cc(C[N@@+]34CC[C@@H](C[C@@H]3[C@H](OCC=C)c3ccnc5ccccc35)[C@@H](C=C)C4)c1)C[C@@H]2C=C. The van der Waals surface area contributed by atoms with Gasteiger partial charge in [0.2, 0.25) is 0 Å². The number of nitrogens with zero attached hydrogens (tertiary/aromatic N) is 6. The van der Waals surface area contributed by atoms with Crippen molar-refractivity contribution in [2.24, 2.45) is 35.5 Å². The van der Waals surface area contributed by atoms with Crippen molar-refractivity contribution in [1.29, 1.82) is 0 Å². The van der Waals surface area contributed by atoms with Crippen LogP contribution in [0.3, 0.4) is 0 Å². The first-order chi connectivity index (χ1) is 41.2. The lowest BCUT2D eigenvalue weighted by Gasteiger charge is -2.59. The number of rotatable bonds is 24. The first-order valence-electron chi connectivity index (χ1n) is 31.5. The molecule has 0 unspecified atom stereocenters. The Hall–Kier alpha value is -6.69. The van der Waals surface area contributed by atoms with E-state index in [1.54, 1.807) is 0 Å². The smallest absolute Gasteiger partial charge is 0.135 e. The number of fused-ring (bicyclic) bond motifs is 12. The topological polar surface area (TPSA) is 66.4 Å². The van der Waals surface area contributed by atoms with Gasteiger partial charge in [0, 0.05) is 108 Å². The molecule has 9 saturated heterocycles. The fourth-order valence-corrected chi connectivity index (χ4v) is 18.1. The summed E-state index contributed by atoms with van der Waals surface area (Å²) in [6, 6.07) is 41.1. The summed E-state index contributed by atoms with van der Waals surface area (Å²) >= 11 is 0. The minimum Gasteiger partial charge on any atom is -0.363 e. The van der Waals surface area contributed by atoms with E-state index in [4.69, 9.17) is 29.2 Å². The zero-order valence-corrected chi connectivity index (χ0v) is 49.4. The van der Waals surface area contributed by atoms with E-state index in [2.05, 4.69) is 167 Å². The number of hydrogen-bond acceptors (Lipinski definition) is 6. The molecule has 0 saturated carbocycles. The molecule has 0 amide bonds. The van der Waals surface area contributed by atoms with Gasteiger partial charge in [-0.05, 0) is 89.0 Å². The van der Waals surface area contributed by atoms with Crippen LogP contribution >= 0.6 is 0 Å². The Morgan fingerprint density at radius 3 is 1.00 bits per heavy atom. The van der Waals surface area contributed by atoms with Gasteiger partial charge in [-0.25, -0.2) is 0 Å². The molecule has 12 heterocycles. The Morgan fingerprint density at radius 2 is 0.714 bits per heavy atom. The van der Waals surface area contributed by atoms with Crippen LogP contribution in [-0.4, -0.2) is 106 Å². The lowest BCUT2D eigenvalue weighted by molar-refractivity contribution is -0.986. The van der Waals surface area contributed by atoms with Gasteiger partial charge < -0.3 is 27.7 Å². The van der Waals surface area contributed by atoms with Gasteiger partial charge in [0.1, 0.15) is 56.1 Å². The summed E-state index contributed by atoms with van der Waals surface area (Å²) in [5.74, 6) is 2.94. The lowest BCUT2D eigenvalue weighted by Crippen LogP contribution is -2.68. The van der Waals surface area contributed by atoms with Gasteiger partial charge in [-0.2, -0.15) is 0 Å². The van der Waals surface area contributed by atoms with Crippen molar-refractivity contribution in [3.8, 4) is 0 Å². The Morgan fingerprint density at radius 1 is 0.417 bits per heavy atom. The molecule has 3 aromatic heterocycles. The number of piperidine rings is 9. The van der Waals surface area contributed by atoms with Gasteiger partial charge in [0.05, 0.1) is 75.6 Å². The van der Waals surface area contributed by atoms with Crippen LogP contribution in [0, 0.1) is 35.5 Å². The molecule has 16 rings (SSSR count). The van der Waals surface area contributed by atoms with Gasteiger partial charge in [0.25, 0.3) is 0 Å².